The fourth-order valence-corrected chi connectivity index (χ4v) is 2.31. The molecule has 2 unspecified atom stereocenters. The second-order valence-corrected chi connectivity index (χ2v) is 6.53. The Balaban J connectivity index is 1.90. The second-order valence-electron chi connectivity index (χ2n) is 6.53. The van der Waals surface area contributed by atoms with E-state index in [2.05, 4.69) is 24.7 Å². The highest BCUT2D eigenvalue weighted by molar-refractivity contribution is 5.96. The van der Waals surface area contributed by atoms with Gasteiger partial charge in [-0.3, -0.25) is 30.6 Å². The normalized spacial score (nSPS) is 18.2. The Morgan fingerprint density at radius 2 is 2.04 bits per heavy atom. The van der Waals surface area contributed by atoms with Gasteiger partial charge in [0, 0.05) is 16.9 Å². The van der Waals surface area contributed by atoms with Crippen LogP contribution in [0.25, 0.3) is 0 Å². The zero-order valence-corrected chi connectivity index (χ0v) is 15.0. The predicted molar refractivity (Wildman–Crippen MR) is 92.4 cm³/mol. The molecule has 0 bridgehead atoms. The quantitative estimate of drug-likeness (QED) is 0.533. The van der Waals surface area contributed by atoms with E-state index in [4.69, 9.17) is 9.47 Å². The Hall–Kier alpha value is -2.84. The van der Waals surface area contributed by atoms with Gasteiger partial charge in [0.25, 0.3) is 5.91 Å². The zero-order chi connectivity index (χ0) is 19.3. The summed E-state index contributed by atoms with van der Waals surface area (Å²) in [7, 11) is 1.47. The molecular weight excluding hydrogens is 342 g/mol. The number of nitrogens with zero attached hydrogens (tertiary/aromatic N) is 1. The van der Waals surface area contributed by atoms with E-state index in [1.54, 1.807) is 12.1 Å². The van der Waals surface area contributed by atoms with E-state index in [9.17, 15) is 19.7 Å². The number of hydrogen-bond donors (Lipinski definition) is 2. The molecule has 0 radical (unpaired) electrons. The fourth-order valence-electron chi connectivity index (χ4n) is 2.31. The minimum absolute atomic E-state index is 0.185. The minimum atomic E-state index is -0.866. The Labute approximate surface area is 151 Å². The molecule has 0 aliphatic heterocycles. The molecule has 0 heterocycles. The molecule has 1 aliphatic rings. The average Bonchev–Trinajstić information content (AvgIpc) is 3.40. The molecule has 2 N–H and O–H groups in total. The lowest BCUT2D eigenvalue weighted by atomic mass is 10.1. The molecule has 2 atom stereocenters. The SMILES string of the molecule is COc1cc(C(=O)NNC(=O)C2CC2[N+](=O)[O-])ccc1OCCC(C)C. The number of carbonyl (C=O) groups excluding carboxylic acids is 2. The first kappa shape index (κ1) is 19.5. The van der Waals surface area contributed by atoms with Gasteiger partial charge < -0.3 is 9.47 Å². The van der Waals surface area contributed by atoms with Gasteiger partial charge in [0.2, 0.25) is 11.9 Å². The van der Waals surface area contributed by atoms with E-state index in [1.165, 1.54) is 13.2 Å². The van der Waals surface area contributed by atoms with E-state index in [0.717, 1.165) is 6.42 Å². The van der Waals surface area contributed by atoms with E-state index in [0.29, 0.717) is 24.0 Å². The van der Waals surface area contributed by atoms with Crippen molar-refractivity contribution in [1.29, 1.82) is 0 Å². The molecule has 1 aliphatic carbocycles. The maximum Gasteiger partial charge on any atom is 0.269 e. The summed E-state index contributed by atoms with van der Waals surface area (Å²) in [5.74, 6) is -0.374. The topological polar surface area (TPSA) is 120 Å². The molecule has 9 heteroatoms. The average molecular weight is 365 g/mol. The first-order valence-corrected chi connectivity index (χ1v) is 8.38. The Morgan fingerprint density at radius 3 is 2.62 bits per heavy atom. The first-order valence-electron chi connectivity index (χ1n) is 8.38. The van der Waals surface area contributed by atoms with Crippen LogP contribution in [0.2, 0.25) is 0 Å². The van der Waals surface area contributed by atoms with Crippen LogP contribution in [-0.4, -0.2) is 36.5 Å². The van der Waals surface area contributed by atoms with Crippen LogP contribution in [0.5, 0.6) is 11.5 Å². The van der Waals surface area contributed by atoms with E-state index < -0.39 is 28.7 Å². The van der Waals surface area contributed by atoms with Gasteiger partial charge in [0.05, 0.1) is 13.7 Å². The molecule has 2 amide bonds. The summed E-state index contributed by atoms with van der Waals surface area (Å²) >= 11 is 0. The highest BCUT2D eigenvalue weighted by atomic mass is 16.6. The number of hydrazine groups is 1. The summed E-state index contributed by atoms with van der Waals surface area (Å²) < 4.78 is 10.9. The van der Waals surface area contributed by atoms with Gasteiger partial charge in [-0.1, -0.05) is 13.8 Å². The molecule has 0 saturated heterocycles. The van der Waals surface area contributed by atoms with Crippen LogP contribution in [-0.2, 0) is 4.79 Å². The van der Waals surface area contributed by atoms with Gasteiger partial charge in [-0.05, 0) is 30.5 Å². The number of methoxy groups -OCH3 is 1. The van der Waals surface area contributed by atoms with Crippen molar-refractivity contribution in [2.24, 2.45) is 11.8 Å². The number of rotatable bonds is 8. The molecule has 1 fully saturated rings. The van der Waals surface area contributed by atoms with Crippen LogP contribution in [0.4, 0.5) is 0 Å². The molecule has 26 heavy (non-hydrogen) atoms. The van der Waals surface area contributed by atoms with Crippen LogP contribution in [0.15, 0.2) is 18.2 Å². The molecular formula is C17H23N3O6. The van der Waals surface area contributed by atoms with Crippen molar-refractivity contribution < 1.29 is 24.0 Å². The lowest BCUT2D eigenvalue weighted by molar-refractivity contribution is -0.497. The molecule has 1 aromatic carbocycles. The Bertz CT molecular complexity index is 691. The zero-order valence-electron chi connectivity index (χ0n) is 15.0. The smallest absolute Gasteiger partial charge is 0.269 e. The summed E-state index contributed by atoms with van der Waals surface area (Å²) in [5.41, 5.74) is 4.73. The number of benzene rings is 1. The minimum Gasteiger partial charge on any atom is -0.493 e. The Morgan fingerprint density at radius 1 is 1.31 bits per heavy atom. The van der Waals surface area contributed by atoms with Gasteiger partial charge in [0.15, 0.2) is 11.5 Å². The molecule has 1 saturated carbocycles. The number of hydrogen-bond acceptors (Lipinski definition) is 6. The monoisotopic (exact) mass is 365 g/mol. The molecule has 0 spiro atoms. The summed E-state index contributed by atoms with van der Waals surface area (Å²) in [6, 6.07) is 3.81. The molecule has 0 aromatic heterocycles. The maximum absolute atomic E-state index is 12.1. The maximum atomic E-state index is 12.1. The van der Waals surface area contributed by atoms with Crippen LogP contribution in [0.3, 0.4) is 0 Å². The van der Waals surface area contributed by atoms with Gasteiger partial charge in [0.1, 0.15) is 5.92 Å². The van der Waals surface area contributed by atoms with Crippen molar-refractivity contribution in [2.75, 3.05) is 13.7 Å². The molecule has 1 aromatic rings. The van der Waals surface area contributed by atoms with Gasteiger partial charge >= 0.3 is 0 Å². The van der Waals surface area contributed by atoms with E-state index in [-0.39, 0.29) is 12.0 Å². The number of amides is 2. The predicted octanol–water partition coefficient (Wildman–Crippen LogP) is 1.55. The number of nitro groups is 1. The van der Waals surface area contributed by atoms with E-state index in [1.807, 2.05) is 0 Å². The van der Waals surface area contributed by atoms with Crippen LogP contribution >= 0.6 is 0 Å². The van der Waals surface area contributed by atoms with Crippen LogP contribution < -0.4 is 20.3 Å². The third-order valence-electron chi connectivity index (χ3n) is 4.04. The van der Waals surface area contributed by atoms with Crippen LogP contribution in [0.1, 0.15) is 37.0 Å². The summed E-state index contributed by atoms with van der Waals surface area (Å²) in [4.78, 5) is 33.9. The highest BCUT2D eigenvalue weighted by Gasteiger charge is 2.53. The van der Waals surface area contributed by atoms with Crippen molar-refractivity contribution >= 4 is 11.8 Å². The van der Waals surface area contributed by atoms with Crippen molar-refractivity contribution in [1.82, 2.24) is 10.9 Å². The summed E-state index contributed by atoms with van der Waals surface area (Å²) in [6.07, 6.45) is 1.08. The summed E-state index contributed by atoms with van der Waals surface area (Å²) in [6.45, 7) is 4.73. The largest absolute Gasteiger partial charge is 0.493 e. The third kappa shape index (κ3) is 5.08. The number of carbonyl (C=O) groups is 2. The summed E-state index contributed by atoms with van der Waals surface area (Å²) in [5, 5.41) is 10.6. The van der Waals surface area contributed by atoms with Crippen LogP contribution in [0, 0.1) is 22.0 Å². The number of nitrogens with one attached hydrogen (secondary N) is 2. The van der Waals surface area contributed by atoms with Crippen molar-refractivity contribution in [2.45, 2.75) is 32.7 Å². The van der Waals surface area contributed by atoms with Crippen molar-refractivity contribution in [3.63, 3.8) is 0 Å². The van der Waals surface area contributed by atoms with E-state index >= 15 is 0 Å². The Kier molecular flexibility index (Phi) is 6.37. The lowest BCUT2D eigenvalue weighted by Gasteiger charge is -2.13. The fraction of sp³-hybridized carbons (Fsp3) is 0.529. The number of ether oxygens (including phenoxy) is 2. The molecule has 142 valence electrons. The van der Waals surface area contributed by atoms with Gasteiger partial charge in [-0.15, -0.1) is 0 Å². The third-order valence-corrected chi connectivity index (χ3v) is 4.04. The van der Waals surface area contributed by atoms with Crippen molar-refractivity contribution in [3.05, 3.63) is 33.9 Å². The van der Waals surface area contributed by atoms with Gasteiger partial charge in [-0.2, -0.15) is 0 Å². The second kappa shape index (κ2) is 8.50. The molecule has 9 nitrogen and oxygen atoms in total. The first-order chi connectivity index (χ1) is 12.3. The highest BCUT2D eigenvalue weighted by Crippen LogP contribution is 2.33. The lowest BCUT2D eigenvalue weighted by Crippen LogP contribution is -2.43. The standard InChI is InChI=1S/C17H23N3O6/c1-10(2)6-7-26-14-5-4-11(8-15(14)25-3)16(21)18-19-17(22)12-9-13(12)20(23)24/h4-5,8,10,12-13H,6-7,9H2,1-3H3,(H,18,21)(H,19,22). The molecule has 2 rings (SSSR count). The van der Waals surface area contributed by atoms with Gasteiger partial charge in [-0.25, -0.2) is 0 Å². The van der Waals surface area contributed by atoms with Crippen molar-refractivity contribution in [3.8, 4) is 11.5 Å².